The number of nitrogens with one attached hydrogen (secondary N) is 2. The Kier molecular flexibility index (Phi) is 5.61. The Morgan fingerprint density at radius 3 is 2.41 bits per heavy atom. The molecular weight excluding hydrogens is 362 g/mol. The fraction of sp³-hybridized carbons (Fsp3) is 0.200. The van der Waals surface area contributed by atoms with Crippen LogP contribution in [0.4, 0.5) is 15.6 Å². The summed E-state index contributed by atoms with van der Waals surface area (Å²) in [5.41, 5.74) is 4.43. The van der Waals surface area contributed by atoms with E-state index in [1.165, 1.54) is 11.3 Å². The average Bonchev–Trinajstić information content (AvgIpc) is 3.08. The van der Waals surface area contributed by atoms with Gasteiger partial charge >= 0.3 is 6.03 Å². The lowest BCUT2D eigenvalue weighted by Gasteiger charge is -2.09. The van der Waals surface area contributed by atoms with E-state index in [0.29, 0.717) is 22.3 Å². The number of aromatic nitrogens is 1. The molecule has 0 aliphatic carbocycles. The summed E-state index contributed by atoms with van der Waals surface area (Å²) < 4.78 is 10.7. The summed E-state index contributed by atoms with van der Waals surface area (Å²) in [7, 11) is 3.21. The second-order valence-corrected chi connectivity index (χ2v) is 6.92. The molecule has 0 spiro atoms. The van der Waals surface area contributed by atoms with E-state index in [-0.39, 0.29) is 6.03 Å². The minimum absolute atomic E-state index is 0.335. The first-order valence-corrected chi connectivity index (χ1v) is 9.20. The van der Waals surface area contributed by atoms with Crippen LogP contribution in [0.3, 0.4) is 0 Å². The zero-order valence-corrected chi connectivity index (χ0v) is 16.4. The summed E-state index contributed by atoms with van der Waals surface area (Å²) in [4.78, 5) is 16.8. The van der Waals surface area contributed by atoms with E-state index in [0.717, 1.165) is 22.4 Å². The molecule has 27 heavy (non-hydrogen) atoms. The summed E-state index contributed by atoms with van der Waals surface area (Å²) in [5, 5.41) is 7.97. The number of aryl methyl sites for hydroxylation is 2. The van der Waals surface area contributed by atoms with E-state index in [1.807, 2.05) is 49.6 Å². The number of nitrogens with zero attached hydrogens (tertiary/aromatic N) is 1. The second kappa shape index (κ2) is 8.09. The first-order chi connectivity index (χ1) is 13.0. The quantitative estimate of drug-likeness (QED) is 0.644. The number of ether oxygens (including phenoxy) is 2. The van der Waals surface area contributed by atoms with Crippen molar-refractivity contribution in [3.63, 3.8) is 0 Å². The summed E-state index contributed by atoms with van der Waals surface area (Å²) in [6.07, 6.45) is 0. The molecule has 1 heterocycles. The van der Waals surface area contributed by atoms with Crippen LogP contribution in [0.15, 0.2) is 41.8 Å². The van der Waals surface area contributed by atoms with Gasteiger partial charge in [0.25, 0.3) is 0 Å². The van der Waals surface area contributed by atoms with Gasteiger partial charge in [0.1, 0.15) is 11.5 Å². The van der Waals surface area contributed by atoms with Crippen molar-refractivity contribution in [1.29, 1.82) is 0 Å². The van der Waals surface area contributed by atoms with Crippen molar-refractivity contribution in [2.75, 3.05) is 24.9 Å². The molecule has 1 aromatic heterocycles. The van der Waals surface area contributed by atoms with Crippen molar-refractivity contribution in [3.8, 4) is 22.8 Å². The molecule has 7 heteroatoms. The van der Waals surface area contributed by atoms with Gasteiger partial charge in [0.15, 0.2) is 5.13 Å². The number of anilines is 2. The maximum atomic E-state index is 12.3. The van der Waals surface area contributed by atoms with E-state index in [9.17, 15) is 4.79 Å². The lowest BCUT2D eigenvalue weighted by atomic mass is 10.1. The smallest absolute Gasteiger partial charge is 0.325 e. The van der Waals surface area contributed by atoms with Gasteiger partial charge in [0.05, 0.1) is 19.9 Å². The Bertz CT molecular complexity index is 949. The first kappa shape index (κ1) is 18.7. The Balaban J connectivity index is 1.75. The highest BCUT2D eigenvalue weighted by Gasteiger charge is 2.13. The maximum absolute atomic E-state index is 12.3. The molecule has 2 N–H and O–H groups in total. The van der Waals surface area contributed by atoms with Crippen molar-refractivity contribution in [3.05, 3.63) is 52.9 Å². The number of urea groups is 1. The van der Waals surface area contributed by atoms with Crippen LogP contribution < -0.4 is 20.1 Å². The minimum atomic E-state index is -0.335. The molecule has 3 aromatic rings. The van der Waals surface area contributed by atoms with Crippen LogP contribution in [0.2, 0.25) is 0 Å². The van der Waals surface area contributed by atoms with Crippen LogP contribution >= 0.6 is 11.3 Å². The molecule has 0 fully saturated rings. The van der Waals surface area contributed by atoms with E-state index in [2.05, 4.69) is 21.7 Å². The summed E-state index contributed by atoms with van der Waals surface area (Å²) in [6.45, 7) is 3.98. The van der Waals surface area contributed by atoms with Gasteiger partial charge in [-0.1, -0.05) is 6.07 Å². The highest BCUT2D eigenvalue weighted by atomic mass is 32.1. The molecule has 3 rings (SSSR count). The number of hydrogen-bond acceptors (Lipinski definition) is 5. The van der Waals surface area contributed by atoms with Crippen LogP contribution in [0.1, 0.15) is 11.1 Å². The van der Waals surface area contributed by atoms with E-state index in [4.69, 9.17) is 9.47 Å². The van der Waals surface area contributed by atoms with Crippen LogP contribution in [-0.2, 0) is 0 Å². The topological polar surface area (TPSA) is 72.5 Å². The molecule has 0 aliphatic rings. The van der Waals surface area contributed by atoms with Gasteiger partial charge in [0.2, 0.25) is 0 Å². The lowest BCUT2D eigenvalue weighted by molar-refractivity contribution is 0.262. The van der Waals surface area contributed by atoms with Crippen molar-refractivity contribution >= 4 is 28.2 Å². The third-order valence-electron chi connectivity index (χ3n) is 3.89. The Hall–Kier alpha value is -3.06. The molecule has 0 saturated carbocycles. The Morgan fingerprint density at radius 2 is 1.74 bits per heavy atom. The fourth-order valence-corrected chi connectivity index (χ4v) is 3.48. The standard InChI is InChI=1S/C20H21N3O3S/c1-12-7-13(2)9-14(8-12)21-19(24)23-20-22-17(11-27-20)16-10-15(25-3)5-6-18(16)26-4/h5-11H,1-4H3,(H2,21,22,23,24). The largest absolute Gasteiger partial charge is 0.497 e. The van der Waals surface area contributed by atoms with Crippen LogP contribution in [0.25, 0.3) is 11.3 Å². The third-order valence-corrected chi connectivity index (χ3v) is 4.64. The molecule has 0 aliphatic heterocycles. The minimum Gasteiger partial charge on any atom is -0.497 e. The van der Waals surface area contributed by atoms with Gasteiger partial charge in [-0.2, -0.15) is 0 Å². The average molecular weight is 383 g/mol. The number of thiazole rings is 1. The summed E-state index contributed by atoms with van der Waals surface area (Å²) >= 11 is 1.34. The molecule has 0 unspecified atom stereocenters. The maximum Gasteiger partial charge on any atom is 0.325 e. The zero-order chi connectivity index (χ0) is 19.4. The second-order valence-electron chi connectivity index (χ2n) is 6.06. The van der Waals surface area contributed by atoms with Crippen LogP contribution in [0, 0.1) is 13.8 Å². The molecule has 6 nitrogen and oxygen atoms in total. The third kappa shape index (κ3) is 4.57. The molecule has 2 amide bonds. The molecule has 2 aromatic carbocycles. The zero-order valence-electron chi connectivity index (χ0n) is 15.6. The van der Waals surface area contributed by atoms with Gasteiger partial charge in [-0.3, -0.25) is 5.32 Å². The van der Waals surface area contributed by atoms with Gasteiger partial charge in [0, 0.05) is 16.6 Å². The van der Waals surface area contributed by atoms with Crippen molar-refractivity contribution in [1.82, 2.24) is 4.98 Å². The highest BCUT2D eigenvalue weighted by Crippen LogP contribution is 2.35. The van der Waals surface area contributed by atoms with E-state index < -0.39 is 0 Å². The van der Waals surface area contributed by atoms with Gasteiger partial charge in [-0.15, -0.1) is 11.3 Å². The van der Waals surface area contributed by atoms with Gasteiger partial charge in [-0.05, 0) is 55.3 Å². The number of hydrogen-bond donors (Lipinski definition) is 2. The predicted octanol–water partition coefficient (Wildman–Crippen LogP) is 5.09. The highest BCUT2D eigenvalue weighted by molar-refractivity contribution is 7.14. The van der Waals surface area contributed by atoms with Gasteiger partial charge < -0.3 is 14.8 Å². The molecule has 0 saturated heterocycles. The molecule has 0 bridgehead atoms. The number of carbonyl (C=O) groups is 1. The van der Waals surface area contributed by atoms with Crippen molar-refractivity contribution in [2.45, 2.75) is 13.8 Å². The SMILES string of the molecule is COc1ccc(OC)c(-c2csc(NC(=O)Nc3cc(C)cc(C)c3)n2)c1. The predicted molar refractivity (Wildman–Crippen MR) is 109 cm³/mol. The molecule has 0 atom stereocenters. The number of methoxy groups -OCH3 is 2. The van der Waals surface area contributed by atoms with Crippen molar-refractivity contribution < 1.29 is 14.3 Å². The summed E-state index contributed by atoms with van der Waals surface area (Å²) in [5.74, 6) is 1.40. The molecule has 140 valence electrons. The van der Waals surface area contributed by atoms with E-state index >= 15 is 0 Å². The molecule has 0 radical (unpaired) electrons. The first-order valence-electron chi connectivity index (χ1n) is 8.32. The van der Waals surface area contributed by atoms with Gasteiger partial charge in [-0.25, -0.2) is 9.78 Å². The number of carbonyl (C=O) groups excluding carboxylic acids is 1. The van der Waals surface area contributed by atoms with Crippen LogP contribution in [-0.4, -0.2) is 25.2 Å². The number of amides is 2. The normalized spacial score (nSPS) is 10.4. The monoisotopic (exact) mass is 383 g/mol. The Labute approximate surface area is 162 Å². The van der Waals surface area contributed by atoms with Crippen LogP contribution in [0.5, 0.6) is 11.5 Å². The Morgan fingerprint density at radius 1 is 1.00 bits per heavy atom. The lowest BCUT2D eigenvalue weighted by Crippen LogP contribution is -2.19. The number of rotatable bonds is 5. The van der Waals surface area contributed by atoms with E-state index in [1.54, 1.807) is 14.2 Å². The fourth-order valence-electron chi connectivity index (χ4n) is 2.78. The number of benzene rings is 2. The molecular formula is C20H21N3O3S. The summed E-state index contributed by atoms with van der Waals surface area (Å²) in [6, 6.07) is 11.1. The van der Waals surface area contributed by atoms with Crippen molar-refractivity contribution in [2.24, 2.45) is 0 Å².